The molecule has 3 heterocycles. The van der Waals surface area contributed by atoms with E-state index in [0.29, 0.717) is 0 Å². The van der Waals surface area contributed by atoms with Crippen molar-refractivity contribution in [2.75, 3.05) is 9.80 Å². The average molecular weight is 757 g/mol. The number of anilines is 6. The fourth-order valence-electron chi connectivity index (χ4n) is 8.60. The van der Waals surface area contributed by atoms with Gasteiger partial charge in [0.1, 0.15) is 11.2 Å². The largest absolute Gasteiger partial charge is 0.455 e. The highest BCUT2D eigenvalue weighted by molar-refractivity contribution is 6.30. The Bertz CT molecular complexity index is 3280. The Morgan fingerprint density at radius 3 is 1.44 bits per heavy atom. The van der Waals surface area contributed by atoms with E-state index in [1.807, 2.05) is 36.9 Å². The fourth-order valence-corrected chi connectivity index (χ4v) is 8.60. The molecule has 11 aromatic rings. The smallest absolute Gasteiger partial charge is 0.143 e. The summed E-state index contributed by atoms with van der Waals surface area (Å²) in [6, 6.07) is 68.4. The average Bonchev–Trinajstić information content (AvgIpc) is 3.70. The van der Waals surface area contributed by atoms with Gasteiger partial charge < -0.3 is 14.2 Å². The first-order valence-electron chi connectivity index (χ1n) is 19.8. The van der Waals surface area contributed by atoms with Gasteiger partial charge in [0.15, 0.2) is 0 Å². The van der Waals surface area contributed by atoms with Gasteiger partial charge in [-0.25, -0.2) is 0 Å². The van der Waals surface area contributed by atoms with Crippen LogP contribution in [0.5, 0.6) is 0 Å². The Morgan fingerprint density at radius 2 is 0.864 bits per heavy atom. The van der Waals surface area contributed by atoms with Crippen molar-refractivity contribution < 1.29 is 4.42 Å². The molecule has 8 aromatic carbocycles. The number of benzene rings is 8. The van der Waals surface area contributed by atoms with Gasteiger partial charge in [-0.15, -0.1) is 0 Å². The second-order valence-electron chi connectivity index (χ2n) is 14.6. The van der Waals surface area contributed by atoms with Gasteiger partial charge in [0.25, 0.3) is 0 Å². The molecule has 0 bridgehead atoms. The number of hydrogen-bond acceptors (Lipinski definition) is 5. The highest BCUT2D eigenvalue weighted by atomic mass is 16.3. The Morgan fingerprint density at radius 1 is 0.356 bits per heavy atom. The SMILES string of the molecule is c1ccc(-c2ccccc2N(c2cccnc2)c2ccc3c(c2)oc2c4ccc(N(c5cccnc5)c5ccccc5-c5ccccc5)cc4c4ccccc4c32)cc1. The standard InChI is InChI=1S/C54H36N4O/c1-3-15-37(16-4-1)43-21-9-11-25-50(43)57(41-19-13-31-55-35-41)39-27-29-47-49(33-39)45-23-7-8-24-46(45)53-48-30-28-40(34-52(48)59-54(47)53)58(42-20-14-32-56-36-42)51-26-12-10-22-44(51)38-17-5-2-6-18-38/h1-36H. The van der Waals surface area contributed by atoms with Gasteiger partial charge in [-0.05, 0) is 94.0 Å². The highest BCUT2D eigenvalue weighted by Gasteiger charge is 2.23. The molecule has 0 amide bonds. The normalized spacial score (nSPS) is 11.4. The quantitative estimate of drug-likeness (QED) is 0.145. The molecule has 278 valence electrons. The van der Waals surface area contributed by atoms with Crippen molar-refractivity contribution in [2.24, 2.45) is 0 Å². The van der Waals surface area contributed by atoms with Crippen LogP contribution in [-0.4, -0.2) is 9.97 Å². The number of pyridine rings is 2. The summed E-state index contributed by atoms with van der Waals surface area (Å²) >= 11 is 0. The van der Waals surface area contributed by atoms with Gasteiger partial charge >= 0.3 is 0 Å². The van der Waals surface area contributed by atoms with Crippen LogP contribution in [0.1, 0.15) is 0 Å². The third-order valence-corrected chi connectivity index (χ3v) is 11.2. The zero-order valence-corrected chi connectivity index (χ0v) is 32.0. The van der Waals surface area contributed by atoms with E-state index in [-0.39, 0.29) is 0 Å². The van der Waals surface area contributed by atoms with Crippen LogP contribution in [-0.2, 0) is 0 Å². The molecule has 59 heavy (non-hydrogen) atoms. The Hall–Kier alpha value is -8.02. The number of aromatic nitrogens is 2. The summed E-state index contributed by atoms with van der Waals surface area (Å²) in [6.07, 6.45) is 7.47. The molecular weight excluding hydrogens is 721 g/mol. The lowest BCUT2D eigenvalue weighted by Gasteiger charge is -2.28. The lowest BCUT2D eigenvalue weighted by molar-refractivity contribution is 0.673. The minimum Gasteiger partial charge on any atom is -0.455 e. The van der Waals surface area contributed by atoms with E-state index in [4.69, 9.17) is 4.42 Å². The van der Waals surface area contributed by atoms with Gasteiger partial charge in [-0.2, -0.15) is 0 Å². The summed E-state index contributed by atoms with van der Waals surface area (Å²) in [5.41, 5.74) is 12.3. The molecule has 0 radical (unpaired) electrons. The monoisotopic (exact) mass is 756 g/mol. The Kier molecular flexibility index (Phi) is 8.41. The van der Waals surface area contributed by atoms with Crippen LogP contribution in [0.3, 0.4) is 0 Å². The van der Waals surface area contributed by atoms with E-state index in [1.165, 1.54) is 5.39 Å². The maximum absolute atomic E-state index is 7.03. The maximum atomic E-state index is 7.03. The first kappa shape index (κ1) is 34.2. The first-order chi connectivity index (χ1) is 29.3. The van der Waals surface area contributed by atoms with E-state index >= 15 is 0 Å². The van der Waals surface area contributed by atoms with Crippen LogP contribution in [0.15, 0.2) is 223 Å². The molecule has 0 aliphatic carbocycles. The predicted octanol–water partition coefficient (Wildman–Crippen LogP) is 15.0. The summed E-state index contributed by atoms with van der Waals surface area (Å²) in [7, 11) is 0. The number of nitrogens with zero attached hydrogens (tertiary/aromatic N) is 4. The van der Waals surface area contributed by atoms with Crippen LogP contribution in [0.25, 0.3) is 65.7 Å². The molecule has 0 saturated heterocycles. The molecule has 0 atom stereocenters. The number of furan rings is 1. The summed E-state index contributed by atoms with van der Waals surface area (Å²) in [6.45, 7) is 0. The molecule has 0 N–H and O–H groups in total. The molecule has 0 spiro atoms. The molecule has 0 aliphatic rings. The summed E-state index contributed by atoms with van der Waals surface area (Å²) < 4.78 is 7.03. The lowest BCUT2D eigenvalue weighted by atomic mass is 9.96. The molecule has 5 heteroatoms. The minimum absolute atomic E-state index is 0.819. The zero-order chi connectivity index (χ0) is 39.1. The Balaban J connectivity index is 1.12. The summed E-state index contributed by atoms with van der Waals surface area (Å²) in [5, 5.41) is 6.67. The number of rotatable bonds is 8. The van der Waals surface area contributed by atoms with Crippen LogP contribution in [0.2, 0.25) is 0 Å². The summed E-state index contributed by atoms with van der Waals surface area (Å²) in [5.74, 6) is 0. The van der Waals surface area contributed by atoms with Crippen molar-refractivity contribution in [3.63, 3.8) is 0 Å². The van der Waals surface area contributed by atoms with E-state index in [2.05, 4.69) is 202 Å². The third kappa shape index (κ3) is 5.96. The van der Waals surface area contributed by atoms with Crippen molar-refractivity contribution in [2.45, 2.75) is 0 Å². The van der Waals surface area contributed by atoms with E-state index in [1.54, 1.807) is 0 Å². The molecule has 0 saturated carbocycles. The second kappa shape index (κ2) is 14.5. The zero-order valence-electron chi connectivity index (χ0n) is 32.0. The van der Waals surface area contributed by atoms with Gasteiger partial charge in [0.2, 0.25) is 0 Å². The molecule has 0 fully saturated rings. The minimum atomic E-state index is 0.819. The second-order valence-corrected chi connectivity index (χ2v) is 14.6. The molecule has 5 nitrogen and oxygen atoms in total. The van der Waals surface area contributed by atoms with Crippen molar-refractivity contribution in [1.29, 1.82) is 0 Å². The van der Waals surface area contributed by atoms with Crippen LogP contribution < -0.4 is 9.80 Å². The van der Waals surface area contributed by atoms with Gasteiger partial charge in [0.05, 0.1) is 35.1 Å². The molecule has 3 aromatic heterocycles. The number of hydrogen-bond donors (Lipinski definition) is 0. The van der Waals surface area contributed by atoms with Gasteiger partial charge in [-0.3, -0.25) is 9.97 Å². The number of fused-ring (bicyclic) bond motifs is 8. The van der Waals surface area contributed by atoms with E-state index in [0.717, 1.165) is 94.5 Å². The Labute approximate surface area is 341 Å². The highest BCUT2D eigenvalue weighted by Crippen LogP contribution is 2.47. The maximum Gasteiger partial charge on any atom is 0.143 e. The predicted molar refractivity (Wildman–Crippen MR) is 245 cm³/mol. The van der Waals surface area contributed by atoms with Crippen LogP contribution >= 0.6 is 0 Å². The van der Waals surface area contributed by atoms with Gasteiger partial charge in [-0.1, -0.05) is 121 Å². The van der Waals surface area contributed by atoms with Crippen molar-refractivity contribution in [3.8, 4) is 22.3 Å². The topological polar surface area (TPSA) is 45.4 Å². The van der Waals surface area contributed by atoms with E-state index in [9.17, 15) is 0 Å². The lowest BCUT2D eigenvalue weighted by Crippen LogP contribution is -2.11. The first-order valence-corrected chi connectivity index (χ1v) is 19.8. The molecule has 0 unspecified atom stereocenters. The van der Waals surface area contributed by atoms with E-state index < -0.39 is 0 Å². The van der Waals surface area contributed by atoms with Crippen molar-refractivity contribution in [1.82, 2.24) is 9.97 Å². The van der Waals surface area contributed by atoms with Crippen molar-refractivity contribution >= 4 is 77.6 Å². The number of para-hydroxylation sites is 2. The summed E-state index contributed by atoms with van der Waals surface area (Å²) in [4.78, 5) is 13.7. The molecule has 0 aliphatic heterocycles. The fraction of sp³-hybridized carbons (Fsp3) is 0. The van der Waals surface area contributed by atoms with Gasteiger partial charge in [0, 0.05) is 57.1 Å². The van der Waals surface area contributed by atoms with Crippen LogP contribution in [0.4, 0.5) is 34.1 Å². The molecule has 11 rings (SSSR count). The van der Waals surface area contributed by atoms with Crippen molar-refractivity contribution in [3.05, 3.63) is 219 Å². The molecular formula is C54H36N4O. The third-order valence-electron chi connectivity index (χ3n) is 11.2. The van der Waals surface area contributed by atoms with Crippen LogP contribution in [0, 0.1) is 0 Å².